The van der Waals surface area contributed by atoms with Gasteiger partial charge in [0.05, 0.1) is 23.1 Å². The minimum Gasteiger partial charge on any atom is -0.497 e. The van der Waals surface area contributed by atoms with E-state index in [1.165, 1.54) is 25.3 Å². The number of aromatic nitrogens is 1. The number of pyridine rings is 1. The van der Waals surface area contributed by atoms with Gasteiger partial charge in [0, 0.05) is 28.6 Å². The summed E-state index contributed by atoms with van der Waals surface area (Å²) in [6.07, 6.45) is 0. The van der Waals surface area contributed by atoms with Crippen LogP contribution in [0.2, 0.25) is 0 Å². The number of anilines is 1. The fraction of sp³-hybridized carbons (Fsp3) is 0.0909. The lowest BCUT2D eigenvalue weighted by atomic mass is 10.1. The molecule has 3 aromatic carbocycles. The summed E-state index contributed by atoms with van der Waals surface area (Å²) in [6.45, 7) is -0.0771. The SMILES string of the molecule is COc1ccc2c(c1)c(=O)c1ccccc1n2CC(=O)Nc1cccc([N+](=O)[O-])c1. The van der Waals surface area contributed by atoms with Gasteiger partial charge >= 0.3 is 0 Å². The van der Waals surface area contributed by atoms with Crippen LogP contribution < -0.4 is 15.5 Å². The number of non-ortho nitro benzene ring substituents is 1. The van der Waals surface area contributed by atoms with Crippen LogP contribution in [0.3, 0.4) is 0 Å². The zero-order valence-corrected chi connectivity index (χ0v) is 16.0. The fourth-order valence-electron chi connectivity index (χ4n) is 3.45. The topological polar surface area (TPSA) is 103 Å². The van der Waals surface area contributed by atoms with E-state index in [1.54, 1.807) is 53.1 Å². The Hall–Kier alpha value is -4.20. The van der Waals surface area contributed by atoms with E-state index in [9.17, 15) is 19.7 Å². The lowest BCUT2D eigenvalue weighted by Crippen LogP contribution is -2.21. The number of benzene rings is 3. The third kappa shape index (κ3) is 3.46. The van der Waals surface area contributed by atoms with E-state index in [1.807, 2.05) is 0 Å². The zero-order chi connectivity index (χ0) is 21.3. The molecule has 150 valence electrons. The summed E-state index contributed by atoms with van der Waals surface area (Å²) in [7, 11) is 1.52. The van der Waals surface area contributed by atoms with Crippen LogP contribution >= 0.6 is 0 Å². The van der Waals surface area contributed by atoms with Crippen molar-refractivity contribution < 1.29 is 14.5 Å². The van der Waals surface area contributed by atoms with E-state index in [4.69, 9.17) is 4.74 Å². The molecule has 8 nitrogen and oxygen atoms in total. The molecule has 0 radical (unpaired) electrons. The molecule has 0 aliphatic heterocycles. The highest BCUT2D eigenvalue weighted by molar-refractivity contribution is 5.97. The van der Waals surface area contributed by atoms with Crippen molar-refractivity contribution in [3.63, 3.8) is 0 Å². The quantitative estimate of drug-likeness (QED) is 0.311. The first-order chi connectivity index (χ1) is 14.5. The second-order valence-corrected chi connectivity index (χ2v) is 6.67. The van der Waals surface area contributed by atoms with Crippen molar-refractivity contribution in [2.24, 2.45) is 0 Å². The Balaban J connectivity index is 1.78. The van der Waals surface area contributed by atoms with E-state index < -0.39 is 4.92 Å². The van der Waals surface area contributed by atoms with Gasteiger partial charge in [-0.2, -0.15) is 0 Å². The molecule has 1 aromatic heterocycles. The Bertz CT molecular complexity index is 1360. The number of rotatable bonds is 5. The Morgan fingerprint density at radius 2 is 1.80 bits per heavy atom. The van der Waals surface area contributed by atoms with Crippen LogP contribution in [0.1, 0.15) is 0 Å². The molecule has 0 aliphatic rings. The first-order valence-corrected chi connectivity index (χ1v) is 9.11. The summed E-state index contributed by atoms with van der Waals surface area (Å²) in [5.41, 5.74) is 1.28. The molecule has 1 heterocycles. The maximum atomic E-state index is 13.0. The summed E-state index contributed by atoms with van der Waals surface area (Å²) in [5, 5.41) is 14.6. The average molecular weight is 403 g/mol. The Morgan fingerprint density at radius 3 is 2.57 bits per heavy atom. The molecule has 0 unspecified atom stereocenters. The van der Waals surface area contributed by atoms with Gasteiger partial charge in [0.25, 0.3) is 5.69 Å². The molecule has 0 atom stereocenters. The average Bonchev–Trinajstić information content (AvgIpc) is 2.76. The molecule has 0 saturated heterocycles. The normalized spacial score (nSPS) is 10.8. The van der Waals surface area contributed by atoms with Gasteiger partial charge in [0.1, 0.15) is 12.3 Å². The molecule has 30 heavy (non-hydrogen) atoms. The lowest BCUT2D eigenvalue weighted by molar-refractivity contribution is -0.384. The van der Waals surface area contributed by atoms with Gasteiger partial charge in [0.15, 0.2) is 5.43 Å². The van der Waals surface area contributed by atoms with Crippen LogP contribution in [-0.2, 0) is 11.3 Å². The largest absolute Gasteiger partial charge is 0.497 e. The minimum atomic E-state index is -0.522. The van der Waals surface area contributed by atoms with Crippen LogP contribution in [-0.4, -0.2) is 22.5 Å². The number of methoxy groups -OCH3 is 1. The van der Waals surface area contributed by atoms with Gasteiger partial charge in [-0.25, -0.2) is 0 Å². The number of carbonyl (C=O) groups is 1. The van der Waals surface area contributed by atoms with Gasteiger partial charge in [-0.15, -0.1) is 0 Å². The lowest BCUT2D eigenvalue weighted by Gasteiger charge is -2.15. The molecule has 0 bridgehead atoms. The van der Waals surface area contributed by atoms with E-state index in [0.29, 0.717) is 33.2 Å². The number of ether oxygens (including phenoxy) is 1. The summed E-state index contributed by atoms with van der Waals surface area (Å²) < 4.78 is 6.99. The number of nitro benzene ring substituents is 1. The van der Waals surface area contributed by atoms with Gasteiger partial charge in [-0.05, 0) is 36.4 Å². The molecule has 4 aromatic rings. The van der Waals surface area contributed by atoms with Crippen LogP contribution in [0.15, 0.2) is 71.5 Å². The van der Waals surface area contributed by atoms with Crippen LogP contribution in [0.25, 0.3) is 21.8 Å². The summed E-state index contributed by atoms with van der Waals surface area (Å²) in [5.74, 6) is 0.170. The number of hydrogen-bond donors (Lipinski definition) is 1. The van der Waals surface area contributed by atoms with Gasteiger partial charge < -0.3 is 14.6 Å². The molecule has 0 fully saturated rings. The number of fused-ring (bicyclic) bond motifs is 2. The molecule has 8 heteroatoms. The van der Waals surface area contributed by atoms with Crippen LogP contribution in [0, 0.1) is 10.1 Å². The van der Waals surface area contributed by atoms with E-state index in [-0.39, 0.29) is 23.6 Å². The third-order valence-corrected chi connectivity index (χ3v) is 4.82. The Labute approximate surface area is 170 Å². The summed E-state index contributed by atoms with van der Waals surface area (Å²) >= 11 is 0. The second-order valence-electron chi connectivity index (χ2n) is 6.67. The van der Waals surface area contributed by atoms with Gasteiger partial charge in [0.2, 0.25) is 5.91 Å². The number of nitrogens with zero attached hydrogens (tertiary/aromatic N) is 2. The van der Waals surface area contributed by atoms with Gasteiger partial charge in [-0.1, -0.05) is 18.2 Å². The van der Waals surface area contributed by atoms with Crippen molar-refractivity contribution in [2.45, 2.75) is 6.54 Å². The highest BCUT2D eigenvalue weighted by Gasteiger charge is 2.15. The monoisotopic (exact) mass is 403 g/mol. The van der Waals surface area contributed by atoms with Crippen molar-refractivity contribution >= 4 is 39.1 Å². The van der Waals surface area contributed by atoms with Crippen molar-refractivity contribution in [3.05, 3.63) is 87.1 Å². The molecular weight excluding hydrogens is 386 g/mol. The van der Waals surface area contributed by atoms with E-state index in [2.05, 4.69) is 5.32 Å². The molecule has 1 N–H and O–H groups in total. The molecular formula is C22H17N3O5. The predicted octanol–water partition coefficient (Wildman–Crippen LogP) is 3.71. The third-order valence-electron chi connectivity index (χ3n) is 4.82. The maximum Gasteiger partial charge on any atom is 0.271 e. The molecule has 0 saturated carbocycles. The summed E-state index contributed by atoms with van der Waals surface area (Å²) in [4.78, 5) is 36.1. The molecule has 0 spiro atoms. The minimum absolute atomic E-state index is 0.0771. The second kappa shape index (κ2) is 7.67. The Kier molecular flexibility index (Phi) is 4.89. The van der Waals surface area contributed by atoms with Crippen LogP contribution in [0.5, 0.6) is 5.75 Å². The van der Waals surface area contributed by atoms with E-state index >= 15 is 0 Å². The van der Waals surface area contributed by atoms with Crippen molar-refractivity contribution in [1.29, 1.82) is 0 Å². The molecule has 1 amide bonds. The number of carbonyl (C=O) groups excluding carboxylic acids is 1. The standard InChI is InChI=1S/C22H17N3O5/c1-30-16-9-10-20-18(12-16)22(27)17-7-2-3-8-19(17)24(20)13-21(26)23-14-5-4-6-15(11-14)25(28)29/h2-12H,13H2,1H3,(H,23,26). The maximum absolute atomic E-state index is 13.0. The summed E-state index contributed by atoms with van der Waals surface area (Å²) in [6, 6.07) is 17.9. The smallest absolute Gasteiger partial charge is 0.271 e. The predicted molar refractivity (Wildman–Crippen MR) is 114 cm³/mol. The van der Waals surface area contributed by atoms with Crippen molar-refractivity contribution in [3.8, 4) is 5.75 Å². The first-order valence-electron chi connectivity index (χ1n) is 9.11. The number of nitro groups is 1. The van der Waals surface area contributed by atoms with Crippen molar-refractivity contribution in [1.82, 2.24) is 4.57 Å². The van der Waals surface area contributed by atoms with Crippen LogP contribution in [0.4, 0.5) is 11.4 Å². The van der Waals surface area contributed by atoms with E-state index in [0.717, 1.165) is 0 Å². The fourth-order valence-corrected chi connectivity index (χ4v) is 3.45. The highest BCUT2D eigenvalue weighted by atomic mass is 16.6. The number of hydrogen-bond acceptors (Lipinski definition) is 5. The van der Waals surface area contributed by atoms with Gasteiger partial charge in [-0.3, -0.25) is 19.7 Å². The number of nitrogens with one attached hydrogen (secondary N) is 1. The molecule has 0 aliphatic carbocycles. The molecule has 4 rings (SSSR count). The zero-order valence-electron chi connectivity index (χ0n) is 16.0. The van der Waals surface area contributed by atoms with Crippen molar-refractivity contribution in [2.75, 3.05) is 12.4 Å². The highest BCUT2D eigenvalue weighted by Crippen LogP contribution is 2.23. The number of para-hydroxylation sites is 1. The Morgan fingerprint density at radius 1 is 1.03 bits per heavy atom. The number of amides is 1. The first kappa shape index (κ1) is 19.1.